The van der Waals surface area contributed by atoms with Crippen LogP contribution in [-0.2, 0) is 20.4 Å². The largest absolute Gasteiger partial charge is 0.476 e. The van der Waals surface area contributed by atoms with Gasteiger partial charge in [-0.3, -0.25) is 9.52 Å². The van der Waals surface area contributed by atoms with Gasteiger partial charge < -0.3 is 15.2 Å². The minimum Gasteiger partial charge on any atom is -0.476 e. The monoisotopic (exact) mass is 592 g/mol. The van der Waals surface area contributed by atoms with Crippen molar-refractivity contribution in [2.24, 2.45) is 0 Å². The average molecular weight is 592 g/mol. The Morgan fingerprint density at radius 3 is 2.05 bits per heavy atom. The molecule has 1 amide bonds. The highest BCUT2D eigenvalue weighted by atomic mass is 32.2. The van der Waals surface area contributed by atoms with E-state index in [4.69, 9.17) is 4.74 Å². The van der Waals surface area contributed by atoms with Crippen LogP contribution in [0, 0.1) is 5.82 Å². The van der Waals surface area contributed by atoms with Gasteiger partial charge in [0.15, 0.2) is 5.60 Å². The van der Waals surface area contributed by atoms with Gasteiger partial charge in [-0.2, -0.15) is 26.3 Å². The topological polar surface area (TPSA) is 105 Å². The molecule has 0 unspecified atom stereocenters. The van der Waals surface area contributed by atoms with Crippen LogP contribution in [0.5, 0.6) is 5.75 Å². The van der Waals surface area contributed by atoms with Crippen molar-refractivity contribution in [3.8, 4) is 16.9 Å². The zero-order valence-corrected chi connectivity index (χ0v) is 21.2. The van der Waals surface area contributed by atoms with Crippen LogP contribution in [0.4, 0.5) is 42.1 Å². The highest BCUT2D eigenvalue weighted by Gasteiger charge is 2.71. The Balaban J connectivity index is 1.57. The molecule has 0 saturated heterocycles. The van der Waals surface area contributed by atoms with Crippen molar-refractivity contribution in [3.63, 3.8) is 0 Å². The first kappa shape index (κ1) is 29.1. The van der Waals surface area contributed by atoms with Gasteiger partial charge in [0.25, 0.3) is 21.5 Å². The normalized spacial score (nSPS) is 15.6. The first-order valence-corrected chi connectivity index (χ1v) is 12.7. The molecule has 1 aliphatic heterocycles. The molecule has 7 nitrogen and oxygen atoms in total. The number of aliphatic hydroxyl groups is 1. The third kappa shape index (κ3) is 5.06. The van der Waals surface area contributed by atoms with E-state index in [-0.39, 0.29) is 33.6 Å². The number of fused-ring (bicyclic) bond motifs is 1. The molecule has 3 aromatic rings. The summed E-state index contributed by atoms with van der Waals surface area (Å²) in [4.78, 5) is 11.9. The summed E-state index contributed by atoms with van der Waals surface area (Å²) in [5, 5.41) is 12.0. The predicted octanol–water partition coefficient (Wildman–Crippen LogP) is 5.72. The van der Waals surface area contributed by atoms with E-state index in [1.807, 2.05) is 0 Å². The van der Waals surface area contributed by atoms with Crippen LogP contribution >= 0.6 is 0 Å². The SMILES string of the molecule is CC1(C)Oc2ccc(S(=O)(=O)Nc3ccc(-c4ccc(C(O)(C(F)(F)F)C(F)(F)F)cc4F)cc3)cc2NC1=O. The number of rotatable bonds is 5. The van der Waals surface area contributed by atoms with Crippen molar-refractivity contribution >= 4 is 27.3 Å². The predicted molar refractivity (Wildman–Crippen MR) is 128 cm³/mol. The third-order valence-corrected chi connectivity index (χ3v) is 7.46. The van der Waals surface area contributed by atoms with Crippen LogP contribution in [0.3, 0.4) is 0 Å². The Morgan fingerprint density at radius 1 is 0.900 bits per heavy atom. The molecule has 0 aromatic heterocycles. The summed E-state index contributed by atoms with van der Waals surface area (Å²) in [6.07, 6.45) is -12.4. The number of ether oxygens (including phenoxy) is 1. The molecule has 3 N–H and O–H groups in total. The molecular formula is C25H19F7N2O5S. The molecule has 15 heteroatoms. The second-order valence-corrected chi connectivity index (χ2v) is 11.0. The van der Waals surface area contributed by atoms with Gasteiger partial charge in [0.05, 0.1) is 10.6 Å². The van der Waals surface area contributed by atoms with E-state index in [9.17, 15) is 49.1 Å². The second kappa shape index (κ2) is 9.37. The standard InChI is InChI=1S/C25H19F7N2O5S/c1-22(2)21(35)33-19-12-16(8-10-20(19)39-22)40(37,38)34-15-6-3-13(4-7-15)17-9-5-14(11-18(17)26)23(36,24(27,28)29)25(30,31)32/h3-12,34,36H,1-2H3,(H,33,35). The van der Waals surface area contributed by atoms with Gasteiger partial charge in [-0.1, -0.05) is 24.3 Å². The Hall–Kier alpha value is -3.85. The number of sulfonamides is 1. The van der Waals surface area contributed by atoms with E-state index in [2.05, 4.69) is 10.0 Å². The van der Waals surface area contributed by atoms with Crippen LogP contribution in [-0.4, -0.2) is 37.4 Å². The maximum Gasteiger partial charge on any atom is 0.430 e. The molecule has 0 radical (unpaired) electrons. The second-order valence-electron chi connectivity index (χ2n) is 9.31. The Bertz CT molecular complexity index is 1570. The lowest BCUT2D eigenvalue weighted by Gasteiger charge is -2.32. The van der Waals surface area contributed by atoms with Gasteiger partial charge in [-0.05, 0) is 55.8 Å². The first-order valence-electron chi connectivity index (χ1n) is 11.2. The van der Waals surface area contributed by atoms with Gasteiger partial charge in [0, 0.05) is 16.8 Å². The summed E-state index contributed by atoms with van der Waals surface area (Å²) in [5.41, 5.74) is -8.50. The van der Waals surface area contributed by atoms with Crippen molar-refractivity contribution < 1.29 is 53.8 Å². The lowest BCUT2D eigenvalue weighted by molar-refractivity contribution is -0.376. The van der Waals surface area contributed by atoms with Crippen LogP contribution in [0.1, 0.15) is 19.4 Å². The zero-order chi connectivity index (χ0) is 29.9. The molecule has 4 rings (SSSR count). The summed E-state index contributed by atoms with van der Waals surface area (Å²) in [5.74, 6) is -1.72. The molecule has 0 bridgehead atoms. The molecule has 214 valence electrons. The lowest BCUT2D eigenvalue weighted by atomic mass is 9.90. The van der Waals surface area contributed by atoms with Crippen LogP contribution in [0.15, 0.2) is 65.6 Å². The van der Waals surface area contributed by atoms with Crippen molar-refractivity contribution in [3.05, 3.63) is 72.0 Å². The fourth-order valence-corrected chi connectivity index (χ4v) is 4.94. The summed E-state index contributed by atoms with van der Waals surface area (Å²) < 4.78 is 127. The highest BCUT2D eigenvalue weighted by molar-refractivity contribution is 7.92. The number of carbonyl (C=O) groups excluding carboxylic acids is 1. The number of hydrogen-bond donors (Lipinski definition) is 3. The van der Waals surface area contributed by atoms with Crippen LogP contribution in [0.2, 0.25) is 0 Å². The van der Waals surface area contributed by atoms with E-state index in [1.54, 1.807) is 0 Å². The highest BCUT2D eigenvalue weighted by Crippen LogP contribution is 2.50. The number of anilines is 2. The Kier molecular flexibility index (Phi) is 6.82. The van der Waals surface area contributed by atoms with E-state index < -0.39 is 56.4 Å². The quantitative estimate of drug-likeness (QED) is 0.329. The molecular weight excluding hydrogens is 573 g/mol. The van der Waals surface area contributed by atoms with Crippen molar-refractivity contribution in [2.45, 2.75) is 42.3 Å². The van der Waals surface area contributed by atoms with Gasteiger partial charge in [0.2, 0.25) is 0 Å². The number of benzene rings is 3. The maximum atomic E-state index is 14.7. The first-order chi connectivity index (χ1) is 18.3. The van der Waals surface area contributed by atoms with Gasteiger partial charge in [0.1, 0.15) is 11.6 Å². The molecule has 0 saturated carbocycles. The molecule has 0 spiro atoms. The van der Waals surface area contributed by atoms with E-state index in [0.717, 1.165) is 0 Å². The molecule has 3 aromatic carbocycles. The van der Waals surface area contributed by atoms with E-state index in [0.29, 0.717) is 12.1 Å². The summed E-state index contributed by atoms with van der Waals surface area (Å²) in [6, 6.07) is 9.39. The number of nitrogens with one attached hydrogen (secondary N) is 2. The summed E-state index contributed by atoms with van der Waals surface area (Å²) >= 11 is 0. The number of alkyl halides is 6. The third-order valence-electron chi connectivity index (χ3n) is 6.08. The molecule has 0 fully saturated rings. The number of halogens is 7. The van der Waals surface area contributed by atoms with Gasteiger partial charge >= 0.3 is 12.4 Å². The Labute approximate surface area is 222 Å². The number of carbonyl (C=O) groups is 1. The maximum absolute atomic E-state index is 14.7. The average Bonchev–Trinajstić information content (AvgIpc) is 2.82. The minimum absolute atomic E-state index is 0.00851. The van der Waals surface area contributed by atoms with Gasteiger partial charge in [-0.15, -0.1) is 0 Å². The molecule has 40 heavy (non-hydrogen) atoms. The van der Waals surface area contributed by atoms with E-state index >= 15 is 0 Å². The van der Waals surface area contributed by atoms with Gasteiger partial charge in [-0.25, -0.2) is 12.8 Å². The van der Waals surface area contributed by atoms with Crippen LogP contribution < -0.4 is 14.8 Å². The fourth-order valence-electron chi connectivity index (χ4n) is 3.85. The van der Waals surface area contributed by atoms with Crippen molar-refractivity contribution in [1.82, 2.24) is 0 Å². The van der Waals surface area contributed by atoms with Crippen molar-refractivity contribution in [2.75, 3.05) is 10.0 Å². The van der Waals surface area contributed by atoms with E-state index in [1.165, 1.54) is 56.3 Å². The molecule has 0 aliphatic carbocycles. The molecule has 1 aliphatic rings. The smallest absolute Gasteiger partial charge is 0.430 e. The summed E-state index contributed by atoms with van der Waals surface area (Å²) in [7, 11) is -4.20. The number of amides is 1. The lowest BCUT2D eigenvalue weighted by Crippen LogP contribution is -2.53. The Morgan fingerprint density at radius 2 is 1.50 bits per heavy atom. The molecule has 0 atom stereocenters. The zero-order valence-electron chi connectivity index (χ0n) is 20.4. The minimum atomic E-state index is -6.18. The summed E-state index contributed by atoms with van der Waals surface area (Å²) in [6.45, 7) is 3.07. The fraction of sp³-hybridized carbons (Fsp3) is 0.240. The molecule has 1 heterocycles. The van der Waals surface area contributed by atoms with Crippen LogP contribution in [0.25, 0.3) is 11.1 Å². The van der Waals surface area contributed by atoms with Crippen molar-refractivity contribution in [1.29, 1.82) is 0 Å². The number of hydrogen-bond acceptors (Lipinski definition) is 5.